The van der Waals surface area contributed by atoms with E-state index in [1.165, 1.54) is 38.2 Å². The Balaban J connectivity index is 1.18. The lowest BCUT2D eigenvalue weighted by atomic mass is 9.96. The minimum absolute atomic E-state index is 0.0514. The van der Waals surface area contributed by atoms with Gasteiger partial charge >= 0.3 is 0 Å². The number of para-hydroxylation sites is 1. The third-order valence-electron chi connectivity index (χ3n) is 19.6. The molecule has 6 rings (SSSR count). The van der Waals surface area contributed by atoms with Gasteiger partial charge in [-0.3, -0.25) is 77.3 Å². The molecule has 3 aromatic carbocycles. The average Bonchev–Trinajstić information content (AvgIpc) is 1.72. The molecule has 22 N–H and O–H groups in total. The fourth-order valence-corrected chi connectivity index (χ4v) is 13.3. The standard InChI is InChI=1S/C79H113N21O16S/c1-10-44(6)65(98-72(110)55(90-47(9)102)32-48-21-13-11-14-22-48)77(115)99-66(46(8)101)75(113)87-39-63(104)91-58(35-51-37-83-41-88-51)70(108)89-45(7)67(105)93-57(34-50-36-85-53-26-18-17-25-52(50)53)73(111)97-64(43(4)5)76(114)92-54(27-19-29-84-79(81)82)69(107)94-56(33-49-23-15-12-16-24-49)71(109)95-59(31-42(2)3)78(116)100-30-20-28-61(100)74(112)96-60(40-117)68(106)86-38-62(80)103/h11-18,21-26,36-37,41-46,54-61,64-66,85,101,117H,10,19-20,27-35,38-40H2,1-9H3,(H2,80,103)(H,83,88)(H,86,106)(H,87,113)(H,89,108)(H,90,102)(H,91,104)(H,92,114)(H,93,105)(H,94,107)(H,95,109)(H,96,112)(H,97,111)(H,98,110)(H,99,115)(H4,81,82,84)/t44-,45-,46+,54-,55-,56-,57-,58-,59-,60-,61-,64-,65-,66-/m0/s1. The first-order valence-corrected chi connectivity index (χ1v) is 39.6. The van der Waals surface area contributed by atoms with Gasteiger partial charge in [-0.05, 0) is 86.5 Å². The molecule has 3 heterocycles. The van der Waals surface area contributed by atoms with Crippen molar-refractivity contribution in [3.8, 4) is 0 Å². The van der Waals surface area contributed by atoms with E-state index in [9.17, 15) is 72.2 Å². The summed E-state index contributed by atoms with van der Waals surface area (Å²) >= 11 is 4.20. The van der Waals surface area contributed by atoms with Gasteiger partial charge < -0.3 is 106 Å². The number of thiol groups is 1. The molecule has 1 fully saturated rings. The van der Waals surface area contributed by atoms with Crippen LogP contribution in [-0.4, -0.2) is 230 Å². The number of rotatable bonds is 46. The number of nitrogens with two attached hydrogens (primary N) is 2. The van der Waals surface area contributed by atoms with E-state index in [1.807, 2.05) is 13.8 Å². The van der Waals surface area contributed by atoms with Gasteiger partial charge in [0.2, 0.25) is 88.6 Å². The molecule has 1 aliphatic rings. The molecular formula is C79H113N21O16S. The van der Waals surface area contributed by atoms with Crippen LogP contribution in [0.25, 0.3) is 10.9 Å². The van der Waals surface area contributed by atoms with Gasteiger partial charge in [0.05, 0.1) is 31.2 Å². The summed E-state index contributed by atoms with van der Waals surface area (Å²) in [6.45, 7) is 13.0. The lowest BCUT2D eigenvalue weighted by molar-refractivity contribution is -0.142. The van der Waals surface area contributed by atoms with Crippen LogP contribution in [0.1, 0.15) is 123 Å². The number of aliphatic hydroxyl groups excluding tert-OH is 1. The summed E-state index contributed by atoms with van der Waals surface area (Å²) in [5.74, 6) is -14.1. The monoisotopic (exact) mass is 1640 g/mol. The summed E-state index contributed by atoms with van der Waals surface area (Å²) in [6.07, 6.45) is 3.38. The molecule has 15 amide bonds. The van der Waals surface area contributed by atoms with Crippen LogP contribution in [0.5, 0.6) is 0 Å². The first kappa shape index (κ1) is 93.9. The Bertz CT molecular complexity index is 4240. The van der Waals surface area contributed by atoms with E-state index in [0.29, 0.717) is 34.9 Å². The first-order valence-electron chi connectivity index (χ1n) is 39.0. The summed E-state index contributed by atoms with van der Waals surface area (Å²) in [5, 5.41) is 56.0. The van der Waals surface area contributed by atoms with Crippen molar-refractivity contribution in [3.05, 3.63) is 126 Å². The number of guanidine groups is 1. The molecule has 0 aliphatic carbocycles. The van der Waals surface area contributed by atoms with Gasteiger partial charge in [-0.25, -0.2) is 4.98 Å². The van der Waals surface area contributed by atoms with Crippen LogP contribution >= 0.6 is 12.6 Å². The zero-order valence-electron chi connectivity index (χ0n) is 67.2. The van der Waals surface area contributed by atoms with Crippen LogP contribution in [0, 0.1) is 23.2 Å². The number of hydrogen-bond donors (Lipinski definition) is 21. The van der Waals surface area contributed by atoms with E-state index in [-0.39, 0.29) is 87.8 Å². The second-order valence-electron chi connectivity index (χ2n) is 29.8. The number of likely N-dealkylation sites (tertiary alicyclic amines) is 1. The number of primary amides is 1. The zero-order valence-corrected chi connectivity index (χ0v) is 68.1. The minimum atomic E-state index is -1.68. The van der Waals surface area contributed by atoms with Gasteiger partial charge in [-0.2, -0.15) is 12.6 Å². The van der Waals surface area contributed by atoms with Crippen LogP contribution in [0.15, 0.2) is 104 Å². The second kappa shape index (κ2) is 46.6. The highest BCUT2D eigenvalue weighted by Crippen LogP contribution is 2.23. The fraction of sp³-hybridized carbons (Fsp3) is 0.506. The highest BCUT2D eigenvalue weighted by molar-refractivity contribution is 7.80. The van der Waals surface area contributed by atoms with Crippen LogP contribution in [0.2, 0.25) is 0 Å². The molecule has 0 unspecified atom stereocenters. The number of carbonyl (C=O) groups excluding carboxylic acids is 15. The predicted molar refractivity (Wildman–Crippen MR) is 436 cm³/mol. The normalized spacial score (nSPS) is 15.8. The molecule has 0 bridgehead atoms. The molecule has 5 aromatic rings. The number of aromatic nitrogens is 3. The molecule has 0 radical (unpaired) electrons. The summed E-state index contributed by atoms with van der Waals surface area (Å²) < 4.78 is 0. The van der Waals surface area contributed by atoms with Gasteiger partial charge in [0.15, 0.2) is 5.96 Å². The number of hydrogen-bond acceptors (Lipinski definition) is 19. The number of benzene rings is 3. The molecule has 0 spiro atoms. The van der Waals surface area contributed by atoms with Crippen LogP contribution in [-0.2, 0) is 97.6 Å². The Morgan fingerprint density at radius 2 is 1.10 bits per heavy atom. The highest BCUT2D eigenvalue weighted by Gasteiger charge is 2.42. The highest BCUT2D eigenvalue weighted by atomic mass is 32.1. The van der Waals surface area contributed by atoms with Gasteiger partial charge in [-0.15, -0.1) is 0 Å². The molecular weight excluding hydrogens is 1530 g/mol. The van der Waals surface area contributed by atoms with E-state index in [2.05, 4.69) is 102 Å². The third-order valence-corrected chi connectivity index (χ3v) is 19.9. The molecule has 0 saturated carbocycles. The van der Waals surface area contributed by atoms with Crippen molar-refractivity contribution in [2.75, 3.05) is 31.9 Å². The molecule has 2 aromatic heterocycles. The van der Waals surface area contributed by atoms with Crippen molar-refractivity contribution in [2.24, 2.45) is 29.2 Å². The fourth-order valence-electron chi connectivity index (χ4n) is 13.1. The number of nitrogens with one attached hydrogen (secondary N) is 17. The molecule has 117 heavy (non-hydrogen) atoms. The van der Waals surface area contributed by atoms with E-state index in [1.54, 1.807) is 119 Å². The van der Waals surface area contributed by atoms with Crippen LogP contribution < -0.4 is 85.9 Å². The molecule has 1 saturated heterocycles. The molecule has 37 nitrogen and oxygen atoms in total. The first-order chi connectivity index (χ1) is 55.6. The largest absolute Gasteiger partial charge is 0.391 e. The number of aliphatic hydroxyl groups is 1. The number of aromatic amines is 2. The van der Waals surface area contributed by atoms with Gasteiger partial charge in [0.1, 0.15) is 72.5 Å². The number of fused-ring (bicyclic) bond motifs is 1. The zero-order chi connectivity index (χ0) is 86.2. The predicted octanol–water partition coefficient (Wildman–Crippen LogP) is -2.44. The summed E-state index contributed by atoms with van der Waals surface area (Å²) in [5.41, 5.74) is 13.6. The van der Waals surface area contributed by atoms with E-state index in [4.69, 9.17) is 16.9 Å². The van der Waals surface area contributed by atoms with Crippen molar-refractivity contribution < 1.29 is 77.0 Å². The number of imidazole rings is 1. The Labute approximate surface area is 684 Å². The summed E-state index contributed by atoms with van der Waals surface area (Å²) in [7, 11) is 0. The topological polar surface area (TPSA) is 568 Å². The Morgan fingerprint density at radius 1 is 0.564 bits per heavy atom. The van der Waals surface area contributed by atoms with E-state index in [0.717, 1.165) is 5.56 Å². The third kappa shape index (κ3) is 30.0. The Hall–Kier alpha value is -12.0. The summed E-state index contributed by atoms with van der Waals surface area (Å²) in [4.78, 5) is 220. The molecule has 636 valence electrons. The number of amides is 15. The van der Waals surface area contributed by atoms with Crippen molar-refractivity contribution in [1.29, 1.82) is 5.41 Å². The van der Waals surface area contributed by atoms with E-state index < -0.39 is 192 Å². The lowest BCUT2D eigenvalue weighted by Crippen LogP contribution is -2.61. The summed E-state index contributed by atoms with van der Waals surface area (Å²) in [6, 6.07) is 8.30. The van der Waals surface area contributed by atoms with Crippen LogP contribution in [0.4, 0.5) is 0 Å². The number of carbonyl (C=O) groups is 15. The average molecular weight is 1640 g/mol. The maximum Gasteiger partial charge on any atom is 0.245 e. The maximum absolute atomic E-state index is 15.0. The van der Waals surface area contributed by atoms with Gasteiger partial charge in [-0.1, -0.05) is 127 Å². The molecule has 1 aliphatic heterocycles. The van der Waals surface area contributed by atoms with E-state index >= 15 is 4.79 Å². The van der Waals surface area contributed by atoms with Crippen molar-refractivity contribution in [1.82, 2.24) is 94.3 Å². The molecule has 38 heteroatoms. The Morgan fingerprint density at radius 3 is 1.68 bits per heavy atom. The lowest BCUT2D eigenvalue weighted by Gasteiger charge is -2.31. The van der Waals surface area contributed by atoms with Crippen molar-refractivity contribution in [3.63, 3.8) is 0 Å². The SMILES string of the molecule is CC[C@H](C)[C@H](NC(=O)[C@H](Cc1ccccc1)NC(C)=O)C(=O)N[C@H](C(=O)NCC(=O)N[C@@H](Cc1c[nH]cn1)C(=O)N[C@@H](C)C(=O)N[C@@H](Cc1c[nH]c2ccccc12)C(=O)N[C@H](C(=O)N[C@@H](CCCNC(=N)N)C(=O)N[C@@H](Cc1ccccc1)C(=O)N[C@@H](CC(C)C)C(=O)N1CCC[C@H]1C(=O)N[C@@H](CS)C(=O)NCC(N)=O)C(C)C)[C@@H](C)O. The smallest absolute Gasteiger partial charge is 0.245 e. The van der Waals surface area contributed by atoms with Crippen molar-refractivity contribution in [2.45, 2.75) is 205 Å². The van der Waals surface area contributed by atoms with Gasteiger partial charge in [0.25, 0.3) is 0 Å². The van der Waals surface area contributed by atoms with Gasteiger partial charge in [0, 0.05) is 74.7 Å². The Kier molecular flexibility index (Phi) is 37.4. The minimum Gasteiger partial charge on any atom is -0.391 e. The number of H-pyrrole nitrogens is 2. The maximum atomic E-state index is 15.0. The number of nitrogens with zero attached hydrogens (tertiary/aromatic N) is 2. The molecule has 14 atom stereocenters. The van der Waals surface area contributed by atoms with Crippen molar-refractivity contribution >= 4 is 118 Å². The quantitative estimate of drug-likeness (QED) is 0.00833. The second-order valence-corrected chi connectivity index (χ2v) is 30.2. The van der Waals surface area contributed by atoms with Crippen LogP contribution in [0.3, 0.4) is 0 Å².